The number of rotatable bonds is 9. The Hall–Kier alpha value is -2.39. The van der Waals surface area contributed by atoms with Crippen molar-refractivity contribution in [1.82, 2.24) is 24.2 Å². The van der Waals surface area contributed by atoms with Crippen LogP contribution in [0.3, 0.4) is 0 Å². The third kappa shape index (κ3) is 6.18. The van der Waals surface area contributed by atoms with Gasteiger partial charge in [-0.2, -0.15) is 17.7 Å². The summed E-state index contributed by atoms with van der Waals surface area (Å²) < 4.78 is 62.2. The lowest BCUT2D eigenvalue weighted by Gasteiger charge is -2.33. The van der Waals surface area contributed by atoms with Crippen LogP contribution in [0.25, 0.3) is 0 Å². The summed E-state index contributed by atoms with van der Waals surface area (Å²) in [5.74, 6) is -1.65. The van der Waals surface area contributed by atoms with Crippen LogP contribution >= 0.6 is 23.1 Å². The number of thioether (sulfide) groups is 1. The van der Waals surface area contributed by atoms with Crippen molar-refractivity contribution >= 4 is 39.1 Å². The fourth-order valence-electron chi connectivity index (χ4n) is 3.27. The summed E-state index contributed by atoms with van der Waals surface area (Å²) in [5, 5.41) is 3.07. The monoisotopic (exact) mass is 528 g/mol. The van der Waals surface area contributed by atoms with E-state index in [-0.39, 0.29) is 28.2 Å². The van der Waals surface area contributed by atoms with Gasteiger partial charge < -0.3 is 4.74 Å². The minimum absolute atomic E-state index is 0.0271. The Kier molecular flexibility index (Phi) is 7.93. The number of piperazine rings is 1. The maximum atomic E-state index is 13.9. The second kappa shape index (κ2) is 10.9. The zero-order chi connectivity index (χ0) is 24.1. The molecule has 34 heavy (non-hydrogen) atoms. The Morgan fingerprint density at radius 2 is 2.00 bits per heavy atom. The molecule has 2 aromatic heterocycles. The van der Waals surface area contributed by atoms with E-state index in [4.69, 9.17) is 4.74 Å². The van der Waals surface area contributed by atoms with Crippen LogP contribution in [0.15, 0.2) is 41.0 Å². The number of aromatic nitrogens is 3. The fourth-order valence-corrected chi connectivity index (χ4v) is 5.90. The number of hydrogen-bond donors (Lipinski definition) is 1. The van der Waals surface area contributed by atoms with E-state index >= 15 is 0 Å². The highest BCUT2D eigenvalue weighted by Crippen LogP contribution is 2.26. The molecule has 1 saturated heterocycles. The predicted molar refractivity (Wildman–Crippen MR) is 126 cm³/mol. The van der Waals surface area contributed by atoms with E-state index in [1.165, 1.54) is 29.6 Å². The molecule has 1 aliphatic heterocycles. The number of ether oxygens (including phenoxy) is 1. The van der Waals surface area contributed by atoms with Gasteiger partial charge >= 0.3 is 10.2 Å². The summed E-state index contributed by atoms with van der Waals surface area (Å²) in [6.07, 6.45) is 1.75. The van der Waals surface area contributed by atoms with Crippen molar-refractivity contribution in [2.45, 2.75) is 17.5 Å². The molecule has 0 amide bonds. The van der Waals surface area contributed by atoms with E-state index in [1.807, 2.05) is 5.38 Å². The Bertz CT molecular complexity index is 1220. The molecule has 1 aromatic carbocycles. The lowest BCUT2D eigenvalue weighted by Crippen LogP contribution is -2.49. The molecule has 3 aromatic rings. The van der Waals surface area contributed by atoms with Crippen molar-refractivity contribution in [1.29, 1.82) is 0 Å². The number of methoxy groups -OCH3 is 1. The highest BCUT2D eigenvalue weighted by molar-refractivity contribution is 7.98. The first-order valence-corrected chi connectivity index (χ1v) is 13.5. The van der Waals surface area contributed by atoms with E-state index in [2.05, 4.69) is 24.6 Å². The molecule has 0 spiro atoms. The molecule has 1 N–H and O–H groups in total. The van der Waals surface area contributed by atoms with Gasteiger partial charge in [0.2, 0.25) is 5.88 Å². The van der Waals surface area contributed by atoms with Gasteiger partial charge in [-0.05, 0) is 6.07 Å². The largest absolute Gasteiger partial charge is 0.481 e. The average Bonchev–Trinajstić information content (AvgIpc) is 3.33. The van der Waals surface area contributed by atoms with E-state index in [0.717, 1.165) is 22.8 Å². The van der Waals surface area contributed by atoms with Gasteiger partial charge in [-0.3, -0.25) is 9.62 Å². The zero-order valence-corrected chi connectivity index (χ0v) is 20.6. The van der Waals surface area contributed by atoms with Gasteiger partial charge in [-0.25, -0.2) is 18.7 Å². The minimum atomic E-state index is -3.86. The lowest BCUT2D eigenvalue weighted by atomic mass is 10.2. The Morgan fingerprint density at radius 3 is 2.71 bits per heavy atom. The molecule has 4 rings (SSSR count). The van der Waals surface area contributed by atoms with E-state index in [1.54, 1.807) is 17.5 Å². The number of anilines is 1. The quantitative estimate of drug-likeness (QED) is 0.334. The Labute approximate surface area is 204 Å². The lowest BCUT2D eigenvalue weighted by molar-refractivity contribution is 0.182. The highest BCUT2D eigenvalue weighted by Gasteiger charge is 2.28. The van der Waals surface area contributed by atoms with Gasteiger partial charge in [0.25, 0.3) is 0 Å². The summed E-state index contributed by atoms with van der Waals surface area (Å²) in [5.41, 5.74) is 0.147. The fraction of sp³-hybridized carbons (Fsp3) is 0.350. The van der Waals surface area contributed by atoms with Crippen LogP contribution in [0.4, 0.5) is 14.6 Å². The summed E-state index contributed by atoms with van der Waals surface area (Å²) in [4.78, 5) is 14.8. The van der Waals surface area contributed by atoms with Gasteiger partial charge in [0.1, 0.15) is 10.8 Å². The summed E-state index contributed by atoms with van der Waals surface area (Å²) in [7, 11) is -2.47. The molecule has 9 nitrogen and oxygen atoms in total. The first-order valence-electron chi connectivity index (χ1n) is 10.2. The van der Waals surface area contributed by atoms with Crippen molar-refractivity contribution in [2.75, 3.05) is 38.0 Å². The van der Waals surface area contributed by atoms with Crippen LogP contribution < -0.4 is 9.46 Å². The Balaban J connectivity index is 1.40. The van der Waals surface area contributed by atoms with Crippen molar-refractivity contribution in [2.24, 2.45) is 0 Å². The second-order valence-corrected chi connectivity index (χ2v) is 10.9. The molecule has 0 bridgehead atoms. The van der Waals surface area contributed by atoms with Gasteiger partial charge in [0.05, 0.1) is 13.7 Å². The van der Waals surface area contributed by atoms with Crippen LogP contribution in [-0.4, -0.2) is 65.9 Å². The van der Waals surface area contributed by atoms with Gasteiger partial charge in [0, 0.05) is 55.1 Å². The topological polar surface area (TPSA) is 101 Å². The van der Waals surface area contributed by atoms with Gasteiger partial charge in [-0.15, -0.1) is 11.3 Å². The molecule has 1 fully saturated rings. The zero-order valence-electron chi connectivity index (χ0n) is 18.1. The van der Waals surface area contributed by atoms with Gasteiger partial charge in [-0.1, -0.05) is 23.9 Å². The molecule has 1 aliphatic rings. The first-order chi connectivity index (χ1) is 16.3. The number of hydrogen-bond acceptors (Lipinski definition) is 9. The Morgan fingerprint density at radius 1 is 1.21 bits per heavy atom. The number of nitrogens with zero attached hydrogens (tertiary/aromatic N) is 5. The second-order valence-electron chi connectivity index (χ2n) is 7.29. The molecule has 0 aliphatic carbocycles. The smallest absolute Gasteiger partial charge is 0.302 e. The van der Waals surface area contributed by atoms with Gasteiger partial charge in [0.15, 0.2) is 16.8 Å². The third-order valence-corrected chi connectivity index (χ3v) is 8.20. The normalized spacial score (nSPS) is 15.4. The molecular weight excluding hydrogens is 506 g/mol. The number of benzene rings is 1. The predicted octanol–water partition coefficient (Wildman–Crippen LogP) is 2.99. The molecule has 0 atom stereocenters. The molecule has 0 unspecified atom stereocenters. The van der Waals surface area contributed by atoms with Crippen LogP contribution in [0.2, 0.25) is 0 Å². The molecule has 0 radical (unpaired) electrons. The van der Waals surface area contributed by atoms with E-state index in [0.29, 0.717) is 32.7 Å². The van der Waals surface area contributed by atoms with E-state index < -0.39 is 21.8 Å². The molecular formula is C20H22F2N6O3S3. The maximum Gasteiger partial charge on any atom is 0.302 e. The van der Waals surface area contributed by atoms with Crippen LogP contribution in [-0.2, 0) is 22.5 Å². The van der Waals surface area contributed by atoms with Crippen molar-refractivity contribution in [3.05, 3.63) is 58.0 Å². The van der Waals surface area contributed by atoms with Crippen LogP contribution in [0.5, 0.6) is 5.88 Å². The van der Waals surface area contributed by atoms with Crippen LogP contribution in [0.1, 0.15) is 10.6 Å². The number of thiazole rings is 1. The SMILES string of the molecule is COc1cc(NS(=O)(=O)N2CCN(Cc3nccs3)CC2)nc(SCc2cccc(F)c2F)n1. The van der Waals surface area contributed by atoms with Crippen LogP contribution in [0, 0.1) is 11.6 Å². The summed E-state index contributed by atoms with van der Waals surface area (Å²) in [6, 6.07) is 5.28. The highest BCUT2D eigenvalue weighted by atomic mass is 32.2. The molecule has 3 heterocycles. The third-order valence-electron chi connectivity index (χ3n) is 5.03. The van der Waals surface area contributed by atoms with E-state index in [9.17, 15) is 17.2 Å². The summed E-state index contributed by atoms with van der Waals surface area (Å²) >= 11 is 2.60. The maximum absolute atomic E-state index is 13.9. The first kappa shape index (κ1) is 24.7. The molecule has 0 saturated carbocycles. The standard InChI is InChI=1S/C20H22F2N6O3S3/c1-31-17-11-16(24-20(25-17)33-13-14-3-2-4-15(21)19(14)22)26-34(29,30)28-8-6-27(7-9-28)12-18-23-5-10-32-18/h2-5,10-11H,6-9,12-13H2,1H3,(H,24,25,26). The van der Waals surface area contributed by atoms with Crippen molar-refractivity contribution in [3.8, 4) is 5.88 Å². The molecule has 182 valence electrons. The number of halogens is 2. The average molecular weight is 529 g/mol. The molecule has 14 heteroatoms. The van der Waals surface area contributed by atoms with Crippen molar-refractivity contribution < 1.29 is 21.9 Å². The minimum Gasteiger partial charge on any atom is -0.481 e. The van der Waals surface area contributed by atoms with Crippen molar-refractivity contribution in [3.63, 3.8) is 0 Å². The summed E-state index contributed by atoms with van der Waals surface area (Å²) in [6.45, 7) is 2.49. The number of nitrogens with one attached hydrogen (secondary N) is 1.